The van der Waals surface area contributed by atoms with Gasteiger partial charge in [0.15, 0.2) is 11.6 Å². The molecule has 0 saturated heterocycles. The topological polar surface area (TPSA) is 53.3 Å². The number of benzene rings is 1. The molecular formula is C14H14F2N2O2. The van der Waals surface area contributed by atoms with Crippen LogP contribution in [0.2, 0.25) is 0 Å². The summed E-state index contributed by atoms with van der Waals surface area (Å²) >= 11 is 0. The number of nitrogens with zero attached hydrogens (tertiary/aromatic N) is 2. The average molecular weight is 280 g/mol. The maximum absolute atomic E-state index is 14.0. The molecular weight excluding hydrogens is 266 g/mol. The van der Waals surface area contributed by atoms with Crippen LogP contribution >= 0.6 is 0 Å². The van der Waals surface area contributed by atoms with Crippen molar-refractivity contribution in [1.82, 2.24) is 0 Å². The predicted molar refractivity (Wildman–Crippen MR) is 68.1 cm³/mol. The summed E-state index contributed by atoms with van der Waals surface area (Å²) < 4.78 is 32.8. The average Bonchev–Trinajstić information content (AvgIpc) is 3.21. The van der Waals surface area contributed by atoms with E-state index in [0.717, 1.165) is 25.0 Å². The van der Waals surface area contributed by atoms with E-state index in [1.807, 2.05) is 0 Å². The number of anilines is 1. The molecule has 6 heteroatoms. The highest BCUT2D eigenvalue weighted by atomic mass is 19.1. The fraction of sp³-hybridized carbons (Fsp3) is 0.429. The van der Waals surface area contributed by atoms with Crippen LogP contribution < -0.4 is 4.90 Å². The van der Waals surface area contributed by atoms with Crippen molar-refractivity contribution in [3.05, 3.63) is 29.3 Å². The van der Waals surface area contributed by atoms with E-state index in [4.69, 9.17) is 10.00 Å². The van der Waals surface area contributed by atoms with E-state index >= 15 is 0 Å². The van der Waals surface area contributed by atoms with Crippen molar-refractivity contribution in [3.8, 4) is 6.07 Å². The summed E-state index contributed by atoms with van der Waals surface area (Å²) in [6.45, 7) is 1.69. The van der Waals surface area contributed by atoms with Gasteiger partial charge in [-0.1, -0.05) is 0 Å². The molecule has 1 aliphatic carbocycles. The van der Waals surface area contributed by atoms with Crippen LogP contribution in [0.3, 0.4) is 0 Å². The summed E-state index contributed by atoms with van der Waals surface area (Å²) in [6, 6.07) is 3.57. The lowest BCUT2D eigenvalue weighted by Crippen LogP contribution is -2.34. The number of esters is 1. The quantitative estimate of drug-likeness (QED) is 0.777. The normalized spacial score (nSPS) is 13.7. The Morgan fingerprint density at radius 3 is 2.50 bits per heavy atom. The summed E-state index contributed by atoms with van der Waals surface area (Å²) in [5, 5.41) is 8.68. The van der Waals surface area contributed by atoms with Crippen LogP contribution in [-0.2, 0) is 9.53 Å². The van der Waals surface area contributed by atoms with E-state index in [-0.39, 0.29) is 30.4 Å². The first-order chi connectivity index (χ1) is 9.56. The molecule has 20 heavy (non-hydrogen) atoms. The minimum absolute atomic E-state index is 0.0589. The Kier molecular flexibility index (Phi) is 4.18. The Morgan fingerprint density at radius 1 is 1.45 bits per heavy atom. The number of halogens is 2. The molecule has 1 fully saturated rings. The second kappa shape index (κ2) is 5.87. The number of hydrogen-bond donors (Lipinski definition) is 0. The molecule has 1 saturated carbocycles. The highest BCUT2D eigenvalue weighted by Gasteiger charge is 2.34. The summed E-state index contributed by atoms with van der Waals surface area (Å²) in [5.41, 5.74) is -0.352. The molecule has 0 bridgehead atoms. The Labute approximate surface area is 115 Å². The van der Waals surface area contributed by atoms with E-state index in [2.05, 4.69) is 0 Å². The Bertz CT molecular complexity index is 542. The molecule has 0 aromatic heterocycles. The zero-order valence-electron chi connectivity index (χ0n) is 11.0. The van der Waals surface area contributed by atoms with Gasteiger partial charge in [-0.2, -0.15) is 5.26 Å². The van der Waals surface area contributed by atoms with Crippen LogP contribution in [0.4, 0.5) is 14.5 Å². The van der Waals surface area contributed by atoms with Gasteiger partial charge in [0, 0.05) is 6.04 Å². The van der Waals surface area contributed by atoms with Crippen LogP contribution in [0, 0.1) is 23.0 Å². The SMILES string of the molecule is CCOC(=O)CN(c1c(F)cc(C#N)cc1F)C1CC1. The van der Waals surface area contributed by atoms with Crippen molar-refractivity contribution < 1.29 is 18.3 Å². The van der Waals surface area contributed by atoms with Crippen molar-refractivity contribution in [3.63, 3.8) is 0 Å². The van der Waals surface area contributed by atoms with Crippen LogP contribution in [0.5, 0.6) is 0 Å². The van der Waals surface area contributed by atoms with Crippen molar-refractivity contribution >= 4 is 11.7 Å². The van der Waals surface area contributed by atoms with Gasteiger partial charge in [0.1, 0.15) is 12.2 Å². The smallest absolute Gasteiger partial charge is 0.325 e. The van der Waals surface area contributed by atoms with Gasteiger partial charge >= 0.3 is 5.97 Å². The van der Waals surface area contributed by atoms with Gasteiger partial charge in [-0.3, -0.25) is 4.79 Å². The van der Waals surface area contributed by atoms with Gasteiger partial charge < -0.3 is 9.64 Å². The first-order valence-electron chi connectivity index (χ1n) is 6.38. The molecule has 1 aliphatic rings. The van der Waals surface area contributed by atoms with E-state index < -0.39 is 17.6 Å². The number of carbonyl (C=O) groups excluding carboxylic acids is 1. The first-order valence-corrected chi connectivity index (χ1v) is 6.38. The molecule has 0 radical (unpaired) electrons. The van der Waals surface area contributed by atoms with E-state index in [0.29, 0.717) is 0 Å². The third kappa shape index (κ3) is 3.05. The highest BCUT2D eigenvalue weighted by Crippen LogP contribution is 2.35. The maximum Gasteiger partial charge on any atom is 0.325 e. The highest BCUT2D eigenvalue weighted by molar-refractivity contribution is 5.76. The molecule has 106 valence electrons. The summed E-state index contributed by atoms with van der Waals surface area (Å²) in [6.07, 6.45) is 1.55. The minimum Gasteiger partial charge on any atom is -0.465 e. The van der Waals surface area contributed by atoms with Crippen LogP contribution in [0.25, 0.3) is 0 Å². The number of carbonyl (C=O) groups is 1. The standard InChI is InChI=1S/C14H14F2N2O2/c1-2-20-13(19)8-18(10-3-4-10)14-11(15)5-9(7-17)6-12(14)16/h5-6,10H,2-4,8H2,1H3. The zero-order valence-corrected chi connectivity index (χ0v) is 11.0. The largest absolute Gasteiger partial charge is 0.465 e. The molecule has 1 aromatic rings. The van der Waals surface area contributed by atoms with E-state index in [1.165, 1.54) is 4.90 Å². The molecule has 0 amide bonds. The number of rotatable bonds is 5. The predicted octanol–water partition coefficient (Wildman–Crippen LogP) is 2.37. The van der Waals surface area contributed by atoms with Gasteiger partial charge in [0.25, 0.3) is 0 Å². The second-order valence-electron chi connectivity index (χ2n) is 4.56. The monoisotopic (exact) mass is 280 g/mol. The molecule has 0 spiro atoms. The van der Waals surface area contributed by atoms with Gasteiger partial charge in [-0.25, -0.2) is 8.78 Å². The van der Waals surface area contributed by atoms with Gasteiger partial charge in [-0.05, 0) is 31.9 Å². The van der Waals surface area contributed by atoms with Crippen molar-refractivity contribution in [2.45, 2.75) is 25.8 Å². The number of nitriles is 1. The number of ether oxygens (including phenoxy) is 1. The lowest BCUT2D eigenvalue weighted by molar-refractivity contribution is -0.141. The molecule has 0 N–H and O–H groups in total. The zero-order chi connectivity index (χ0) is 14.7. The first kappa shape index (κ1) is 14.3. The molecule has 0 unspecified atom stereocenters. The van der Waals surface area contributed by atoms with Crippen LogP contribution in [0.15, 0.2) is 12.1 Å². The van der Waals surface area contributed by atoms with Crippen molar-refractivity contribution in [2.24, 2.45) is 0 Å². The second-order valence-corrected chi connectivity index (χ2v) is 4.56. The summed E-state index contributed by atoms with van der Waals surface area (Å²) in [5.74, 6) is -2.20. The van der Waals surface area contributed by atoms with Crippen molar-refractivity contribution in [2.75, 3.05) is 18.1 Å². The Balaban J connectivity index is 2.30. The third-order valence-corrected chi connectivity index (χ3v) is 3.03. The van der Waals surface area contributed by atoms with E-state index in [1.54, 1.807) is 13.0 Å². The van der Waals surface area contributed by atoms with Crippen LogP contribution in [0.1, 0.15) is 25.3 Å². The molecule has 0 atom stereocenters. The Morgan fingerprint density at radius 2 is 2.05 bits per heavy atom. The fourth-order valence-corrected chi connectivity index (χ4v) is 2.03. The summed E-state index contributed by atoms with van der Waals surface area (Å²) in [7, 11) is 0. The molecule has 0 aliphatic heterocycles. The van der Waals surface area contributed by atoms with Gasteiger partial charge in [0.05, 0.1) is 18.2 Å². The maximum atomic E-state index is 14.0. The lowest BCUT2D eigenvalue weighted by Gasteiger charge is -2.24. The third-order valence-electron chi connectivity index (χ3n) is 3.03. The minimum atomic E-state index is -0.835. The van der Waals surface area contributed by atoms with Gasteiger partial charge in [-0.15, -0.1) is 0 Å². The molecule has 2 rings (SSSR count). The molecule has 1 aromatic carbocycles. The van der Waals surface area contributed by atoms with Crippen molar-refractivity contribution in [1.29, 1.82) is 5.26 Å². The van der Waals surface area contributed by atoms with E-state index in [9.17, 15) is 13.6 Å². The lowest BCUT2D eigenvalue weighted by atomic mass is 10.2. The number of hydrogen-bond acceptors (Lipinski definition) is 4. The molecule has 4 nitrogen and oxygen atoms in total. The summed E-state index contributed by atoms with van der Waals surface area (Å²) in [4.78, 5) is 12.9. The fourth-order valence-electron chi connectivity index (χ4n) is 2.03. The van der Waals surface area contributed by atoms with Crippen LogP contribution in [-0.4, -0.2) is 25.2 Å². The molecule has 0 heterocycles. The Hall–Kier alpha value is -2.16. The van der Waals surface area contributed by atoms with Gasteiger partial charge in [0.2, 0.25) is 0 Å².